The van der Waals surface area contributed by atoms with Crippen LogP contribution in [-0.4, -0.2) is 20.2 Å². The fraction of sp³-hybridized carbons (Fsp3) is 0.364. The molecule has 0 spiro atoms. The minimum absolute atomic E-state index is 0.335. The molecule has 0 radical (unpaired) electrons. The number of nitrogens with zero attached hydrogens (tertiary/aromatic N) is 1. The van der Waals surface area contributed by atoms with Gasteiger partial charge in [0, 0.05) is 6.54 Å². The third kappa shape index (κ3) is 3.28. The van der Waals surface area contributed by atoms with Gasteiger partial charge in [0.2, 0.25) is 0 Å². The topological polar surface area (TPSA) is 45.0 Å². The lowest BCUT2D eigenvalue weighted by atomic mass is 10.1. The van der Waals surface area contributed by atoms with Crippen molar-refractivity contribution in [2.24, 2.45) is 0 Å². The molecule has 5 heteroatoms. The normalized spacial score (nSPS) is 9.88. The highest BCUT2D eigenvalue weighted by Crippen LogP contribution is 2.34. The van der Waals surface area contributed by atoms with E-state index in [1.807, 2.05) is 12.1 Å². The Morgan fingerprint density at radius 1 is 1.38 bits per heavy atom. The minimum atomic E-state index is 0.335. The second-order valence-electron chi connectivity index (χ2n) is 3.14. The molecule has 1 aromatic carbocycles. The van der Waals surface area contributed by atoms with Crippen LogP contribution in [0.3, 0.4) is 0 Å². The number of rotatable bonds is 5. The van der Waals surface area contributed by atoms with E-state index >= 15 is 0 Å². The Hall–Kier alpha value is -0.950. The van der Waals surface area contributed by atoms with Crippen LogP contribution in [0.15, 0.2) is 12.1 Å². The molecule has 0 fully saturated rings. The van der Waals surface area contributed by atoms with Crippen molar-refractivity contribution in [2.75, 3.05) is 20.2 Å². The Morgan fingerprint density at radius 2 is 2.12 bits per heavy atom. The van der Waals surface area contributed by atoms with Crippen molar-refractivity contribution in [3.63, 3.8) is 0 Å². The number of methoxy groups -OCH3 is 1. The first-order chi connectivity index (χ1) is 7.70. The lowest BCUT2D eigenvalue weighted by Crippen LogP contribution is -2.17. The van der Waals surface area contributed by atoms with Gasteiger partial charge in [-0.25, -0.2) is 0 Å². The van der Waals surface area contributed by atoms with E-state index in [4.69, 9.17) is 33.2 Å². The summed E-state index contributed by atoms with van der Waals surface area (Å²) in [4.78, 5) is 0. The largest absolute Gasteiger partial charge is 0.495 e. The maximum atomic E-state index is 8.35. The van der Waals surface area contributed by atoms with Gasteiger partial charge in [0.15, 0.2) is 0 Å². The van der Waals surface area contributed by atoms with Crippen LogP contribution in [0.1, 0.15) is 5.56 Å². The van der Waals surface area contributed by atoms with Crippen molar-refractivity contribution in [3.8, 4) is 11.8 Å². The van der Waals surface area contributed by atoms with Crippen LogP contribution in [0.4, 0.5) is 0 Å². The second-order valence-corrected chi connectivity index (χ2v) is 3.90. The van der Waals surface area contributed by atoms with E-state index in [0.717, 1.165) is 12.0 Å². The average Bonchev–Trinajstić information content (AvgIpc) is 2.30. The summed E-state index contributed by atoms with van der Waals surface area (Å²) in [5.74, 6) is 0.570. The highest BCUT2D eigenvalue weighted by molar-refractivity contribution is 6.43. The van der Waals surface area contributed by atoms with E-state index in [2.05, 4.69) is 5.32 Å². The van der Waals surface area contributed by atoms with E-state index in [0.29, 0.717) is 28.9 Å². The molecule has 0 saturated carbocycles. The quantitative estimate of drug-likeness (QED) is 0.653. The van der Waals surface area contributed by atoms with E-state index in [1.165, 1.54) is 0 Å². The molecule has 0 saturated heterocycles. The van der Waals surface area contributed by atoms with Crippen LogP contribution in [0.5, 0.6) is 5.75 Å². The molecule has 0 atom stereocenters. The van der Waals surface area contributed by atoms with Gasteiger partial charge in [-0.05, 0) is 18.1 Å². The van der Waals surface area contributed by atoms with Crippen molar-refractivity contribution in [1.82, 2.24) is 5.32 Å². The van der Waals surface area contributed by atoms with Crippen LogP contribution < -0.4 is 10.1 Å². The zero-order valence-electron chi connectivity index (χ0n) is 8.89. The Bertz CT molecular complexity index is 402. The van der Waals surface area contributed by atoms with E-state index in [-0.39, 0.29) is 0 Å². The summed E-state index contributed by atoms with van der Waals surface area (Å²) in [5.41, 5.74) is 0.943. The van der Waals surface area contributed by atoms with Crippen molar-refractivity contribution in [1.29, 1.82) is 5.26 Å². The van der Waals surface area contributed by atoms with Crippen LogP contribution in [0.25, 0.3) is 0 Å². The van der Waals surface area contributed by atoms with Crippen molar-refractivity contribution in [2.45, 2.75) is 6.42 Å². The summed E-state index contributed by atoms with van der Waals surface area (Å²) >= 11 is 12.1. The highest BCUT2D eigenvalue weighted by atomic mass is 35.5. The van der Waals surface area contributed by atoms with Crippen LogP contribution in [-0.2, 0) is 6.42 Å². The smallest absolute Gasteiger partial charge is 0.138 e. The number of halogens is 2. The number of nitriles is 1. The van der Waals surface area contributed by atoms with Crippen LogP contribution in [0, 0.1) is 11.3 Å². The monoisotopic (exact) mass is 258 g/mol. The van der Waals surface area contributed by atoms with Gasteiger partial charge in [0.25, 0.3) is 0 Å². The zero-order chi connectivity index (χ0) is 12.0. The summed E-state index contributed by atoms with van der Waals surface area (Å²) in [6.45, 7) is 1.03. The molecule has 0 aromatic heterocycles. The first-order valence-electron chi connectivity index (χ1n) is 4.79. The molecule has 1 N–H and O–H groups in total. The third-order valence-electron chi connectivity index (χ3n) is 2.12. The van der Waals surface area contributed by atoms with Gasteiger partial charge < -0.3 is 10.1 Å². The highest BCUT2D eigenvalue weighted by Gasteiger charge is 2.09. The maximum Gasteiger partial charge on any atom is 0.138 e. The molecular weight excluding hydrogens is 247 g/mol. The van der Waals surface area contributed by atoms with E-state index < -0.39 is 0 Å². The first kappa shape index (κ1) is 13.1. The maximum absolute atomic E-state index is 8.35. The van der Waals surface area contributed by atoms with Crippen molar-refractivity contribution >= 4 is 23.2 Å². The predicted molar refractivity (Wildman–Crippen MR) is 65.2 cm³/mol. The summed E-state index contributed by atoms with van der Waals surface area (Å²) in [7, 11) is 1.55. The number of hydrogen-bond acceptors (Lipinski definition) is 3. The number of hydrogen-bond donors (Lipinski definition) is 1. The van der Waals surface area contributed by atoms with Gasteiger partial charge >= 0.3 is 0 Å². The van der Waals surface area contributed by atoms with Gasteiger partial charge in [0.05, 0.1) is 24.7 Å². The summed E-state index contributed by atoms with van der Waals surface area (Å²) in [6.07, 6.45) is 0.726. The minimum Gasteiger partial charge on any atom is -0.495 e. The Balaban J connectivity index is 2.68. The van der Waals surface area contributed by atoms with Gasteiger partial charge in [0.1, 0.15) is 10.8 Å². The van der Waals surface area contributed by atoms with Crippen LogP contribution >= 0.6 is 23.2 Å². The molecule has 16 heavy (non-hydrogen) atoms. The molecule has 0 bridgehead atoms. The van der Waals surface area contributed by atoms with Gasteiger partial charge in [-0.15, -0.1) is 0 Å². The Morgan fingerprint density at radius 3 is 2.75 bits per heavy atom. The predicted octanol–water partition coefficient (Wildman–Crippen LogP) is 2.66. The fourth-order valence-electron chi connectivity index (χ4n) is 1.29. The Kier molecular flexibility index (Phi) is 5.41. The molecule has 0 unspecified atom stereocenters. The van der Waals surface area contributed by atoms with Gasteiger partial charge in [-0.3, -0.25) is 0 Å². The second kappa shape index (κ2) is 6.59. The lowest BCUT2D eigenvalue weighted by Gasteiger charge is -2.09. The first-order valence-corrected chi connectivity index (χ1v) is 5.54. The van der Waals surface area contributed by atoms with E-state index in [9.17, 15) is 0 Å². The summed E-state index contributed by atoms with van der Waals surface area (Å²) < 4.78 is 5.05. The number of ether oxygens (including phenoxy) is 1. The Labute approximate surface area is 105 Å². The van der Waals surface area contributed by atoms with Gasteiger partial charge in [-0.1, -0.05) is 29.3 Å². The molecule has 3 nitrogen and oxygen atoms in total. The molecule has 86 valence electrons. The molecule has 0 aliphatic carbocycles. The number of nitrogens with one attached hydrogen (secondary N) is 1. The zero-order valence-corrected chi connectivity index (χ0v) is 10.4. The average molecular weight is 259 g/mol. The summed E-state index contributed by atoms with van der Waals surface area (Å²) in [6, 6.07) is 5.67. The standard InChI is InChI=1S/C11H12Cl2N2O/c1-16-9-3-2-8(10(12)11(9)13)4-6-15-7-5-14/h2-3,15H,4,6-7H2,1H3. The fourth-order valence-corrected chi connectivity index (χ4v) is 1.80. The van der Waals surface area contributed by atoms with Crippen molar-refractivity contribution < 1.29 is 4.74 Å². The van der Waals surface area contributed by atoms with Gasteiger partial charge in [-0.2, -0.15) is 5.26 Å². The molecule has 0 amide bonds. The number of benzene rings is 1. The molecule has 0 heterocycles. The van der Waals surface area contributed by atoms with E-state index in [1.54, 1.807) is 13.2 Å². The summed E-state index contributed by atoms with van der Waals surface area (Å²) in [5, 5.41) is 12.3. The molecular formula is C11H12Cl2N2O. The lowest BCUT2D eigenvalue weighted by molar-refractivity contribution is 0.415. The molecule has 1 aromatic rings. The molecule has 0 aliphatic heterocycles. The molecule has 1 rings (SSSR count). The third-order valence-corrected chi connectivity index (χ3v) is 3.03. The molecule has 0 aliphatic rings. The van der Waals surface area contributed by atoms with Crippen molar-refractivity contribution in [3.05, 3.63) is 27.7 Å². The SMILES string of the molecule is COc1ccc(CCNCC#N)c(Cl)c1Cl. The van der Waals surface area contributed by atoms with Crippen LogP contribution in [0.2, 0.25) is 10.0 Å².